The first-order valence-electron chi connectivity index (χ1n) is 8.91. The maximum atomic E-state index is 13.0. The quantitative estimate of drug-likeness (QED) is 0.203. The molecular weight excluding hydrogens is 465 g/mol. The molecule has 4 aromatic rings. The summed E-state index contributed by atoms with van der Waals surface area (Å²) in [6, 6.07) is 13.6. The zero-order chi connectivity index (χ0) is 22.3. The summed E-state index contributed by atoms with van der Waals surface area (Å²) in [5.41, 5.74) is -1.80. The van der Waals surface area contributed by atoms with Crippen molar-refractivity contribution in [3.63, 3.8) is 0 Å². The van der Waals surface area contributed by atoms with Crippen LogP contribution in [0.3, 0.4) is 0 Å². The fraction of sp³-hybridized carbons (Fsp3) is 0.0500. The van der Waals surface area contributed by atoms with Gasteiger partial charge in [0.15, 0.2) is 0 Å². The van der Waals surface area contributed by atoms with E-state index in [1.807, 2.05) is 0 Å². The van der Waals surface area contributed by atoms with Crippen molar-refractivity contribution in [1.82, 2.24) is 14.8 Å². The number of aromatic nitrogens is 3. The van der Waals surface area contributed by atoms with Crippen molar-refractivity contribution in [2.75, 3.05) is 0 Å². The second kappa shape index (κ2) is 9.27. The Hall–Kier alpha value is -2.32. The van der Waals surface area contributed by atoms with E-state index in [2.05, 4.69) is 10.1 Å². The minimum atomic E-state index is -4.55. The van der Waals surface area contributed by atoms with Crippen LogP contribution in [-0.4, -0.2) is 38.8 Å². The maximum Gasteiger partial charge on any atom is 1.00 e. The van der Waals surface area contributed by atoms with Crippen molar-refractivity contribution >= 4 is 27.1 Å². The summed E-state index contributed by atoms with van der Waals surface area (Å²) in [4.78, 5) is 39.8. The number of hydrogen-bond donors (Lipinski definition) is 4. The van der Waals surface area contributed by atoms with Gasteiger partial charge < -0.3 is 10.1 Å². The number of pyridine rings is 1. The first kappa shape index (κ1) is 24.3. The van der Waals surface area contributed by atoms with Crippen LogP contribution in [0.4, 0.5) is 0 Å². The predicted octanol–water partition coefficient (Wildman–Crippen LogP) is -1.32. The smallest absolute Gasteiger partial charge is 0.478 e. The fourth-order valence-electron chi connectivity index (χ4n) is 3.48. The van der Waals surface area contributed by atoms with Crippen molar-refractivity contribution in [1.29, 1.82) is 0 Å². The molecule has 0 radical (unpaired) electrons. The molecule has 0 amide bonds. The molecule has 0 saturated heterocycles. The van der Waals surface area contributed by atoms with E-state index >= 15 is 0 Å². The third kappa shape index (κ3) is 4.43. The summed E-state index contributed by atoms with van der Waals surface area (Å²) < 4.78 is 33.6. The number of H-pyrrole nitrogens is 2. The zero-order valence-electron chi connectivity index (χ0n) is 16.7. The van der Waals surface area contributed by atoms with Crippen molar-refractivity contribution in [3.05, 3.63) is 86.4 Å². The number of hydrogen-bond acceptors (Lipinski definition) is 5. The SMILES string of the molecule is O=C(O)c1c(-c2ccccc2)c(=O)[nH]c2[nH]n(Cc3ccccc3S(=O)(=O)O)c(=O)c12.[K+]. The van der Waals surface area contributed by atoms with Crippen LogP contribution in [0.5, 0.6) is 0 Å². The molecule has 12 heteroatoms. The molecule has 0 spiro atoms. The molecular formula is C20H15KN3O7S+. The number of carboxylic acids is 1. The van der Waals surface area contributed by atoms with Crippen LogP contribution in [0.25, 0.3) is 22.2 Å². The minimum absolute atomic E-state index is 0. The number of nitrogens with zero attached hydrogens (tertiary/aromatic N) is 1. The second-order valence-electron chi connectivity index (χ2n) is 6.71. The molecule has 0 saturated carbocycles. The third-order valence-corrected chi connectivity index (χ3v) is 5.73. The summed E-state index contributed by atoms with van der Waals surface area (Å²) in [7, 11) is -4.55. The van der Waals surface area contributed by atoms with Crippen LogP contribution in [0.1, 0.15) is 15.9 Å². The number of aromatic amines is 2. The minimum Gasteiger partial charge on any atom is -0.478 e. The molecule has 0 aliphatic rings. The molecule has 0 bridgehead atoms. The van der Waals surface area contributed by atoms with E-state index in [9.17, 15) is 32.5 Å². The molecule has 10 nitrogen and oxygen atoms in total. The van der Waals surface area contributed by atoms with Gasteiger partial charge in [0, 0.05) is 0 Å². The maximum absolute atomic E-state index is 13.0. The molecule has 0 fully saturated rings. The Kier molecular flexibility index (Phi) is 7.05. The molecule has 158 valence electrons. The summed E-state index contributed by atoms with van der Waals surface area (Å²) in [5.74, 6) is -1.46. The van der Waals surface area contributed by atoms with E-state index in [-0.39, 0.29) is 80.1 Å². The summed E-state index contributed by atoms with van der Waals surface area (Å²) >= 11 is 0. The number of carbonyl (C=O) groups is 1. The molecule has 2 aromatic heterocycles. The molecule has 0 aliphatic carbocycles. The van der Waals surface area contributed by atoms with Crippen LogP contribution in [0.2, 0.25) is 0 Å². The van der Waals surface area contributed by atoms with Crippen molar-refractivity contribution in [3.8, 4) is 11.1 Å². The van der Waals surface area contributed by atoms with Gasteiger partial charge in [0.2, 0.25) is 0 Å². The number of fused-ring (bicyclic) bond motifs is 1. The molecule has 2 aromatic carbocycles. The van der Waals surface area contributed by atoms with Crippen LogP contribution in [0.15, 0.2) is 69.1 Å². The number of rotatable bonds is 5. The Bertz CT molecular complexity index is 1550. The van der Waals surface area contributed by atoms with Crippen LogP contribution >= 0.6 is 0 Å². The second-order valence-corrected chi connectivity index (χ2v) is 8.10. The van der Waals surface area contributed by atoms with E-state index in [0.717, 1.165) is 4.68 Å². The number of nitrogens with one attached hydrogen (secondary N) is 2. The zero-order valence-corrected chi connectivity index (χ0v) is 20.6. The topological polar surface area (TPSA) is 162 Å². The van der Waals surface area contributed by atoms with Gasteiger partial charge >= 0.3 is 57.4 Å². The first-order valence-corrected chi connectivity index (χ1v) is 10.4. The summed E-state index contributed by atoms with van der Waals surface area (Å²) in [6.07, 6.45) is 0. The predicted molar refractivity (Wildman–Crippen MR) is 111 cm³/mol. The molecule has 4 rings (SSSR count). The number of benzene rings is 2. The Labute approximate surface area is 223 Å². The van der Waals surface area contributed by atoms with E-state index in [4.69, 9.17) is 0 Å². The van der Waals surface area contributed by atoms with Gasteiger partial charge in [-0.1, -0.05) is 48.5 Å². The summed E-state index contributed by atoms with van der Waals surface area (Å²) in [6.45, 7) is -0.314. The molecule has 0 aliphatic heterocycles. The van der Waals surface area contributed by atoms with Crippen molar-refractivity contribution in [2.45, 2.75) is 11.4 Å². The Balaban J connectivity index is 0.00000289. The van der Waals surface area contributed by atoms with Crippen LogP contribution < -0.4 is 62.5 Å². The largest absolute Gasteiger partial charge is 1.00 e. The van der Waals surface area contributed by atoms with Gasteiger partial charge in [-0.25, -0.2) is 9.48 Å². The van der Waals surface area contributed by atoms with Gasteiger partial charge in [-0.15, -0.1) is 0 Å². The molecule has 0 unspecified atom stereocenters. The molecule has 0 atom stereocenters. The van der Waals surface area contributed by atoms with Gasteiger partial charge in [-0.05, 0) is 17.2 Å². The van der Waals surface area contributed by atoms with Gasteiger partial charge in [-0.3, -0.25) is 19.2 Å². The standard InChI is InChI=1S/C20H15N3O7S.K/c24-18-14(11-6-2-1-3-7-11)15(20(26)27)16-17(21-18)22-23(19(16)25)10-12-8-4-5-9-13(12)31(28,29)30;/h1-9H,10H2,(H,26,27)(H2,21,22,24)(H,28,29,30);/q;+1. The number of carboxylic acid groups (broad SMARTS) is 1. The Morgan fingerprint density at radius 1 is 1.00 bits per heavy atom. The Morgan fingerprint density at radius 2 is 1.62 bits per heavy atom. The van der Waals surface area contributed by atoms with Crippen LogP contribution in [0, 0.1) is 0 Å². The van der Waals surface area contributed by atoms with Gasteiger partial charge in [-0.2, -0.15) is 8.42 Å². The average Bonchev–Trinajstić information content (AvgIpc) is 3.02. The monoisotopic (exact) mass is 480 g/mol. The first-order chi connectivity index (χ1) is 14.7. The summed E-state index contributed by atoms with van der Waals surface area (Å²) in [5, 5.41) is 12.2. The number of aromatic carboxylic acids is 1. The van der Waals surface area contributed by atoms with Crippen molar-refractivity contribution in [2.24, 2.45) is 0 Å². The van der Waals surface area contributed by atoms with E-state index in [1.54, 1.807) is 30.3 Å². The van der Waals surface area contributed by atoms with E-state index in [0.29, 0.717) is 5.56 Å². The van der Waals surface area contributed by atoms with Gasteiger partial charge in [0.1, 0.15) is 5.65 Å². The third-order valence-electron chi connectivity index (χ3n) is 4.78. The van der Waals surface area contributed by atoms with E-state index < -0.39 is 37.7 Å². The Morgan fingerprint density at radius 3 is 2.25 bits per heavy atom. The fourth-order valence-corrected chi connectivity index (χ4v) is 4.20. The average molecular weight is 481 g/mol. The molecule has 4 N–H and O–H groups in total. The van der Waals surface area contributed by atoms with Crippen LogP contribution in [-0.2, 0) is 16.7 Å². The van der Waals surface area contributed by atoms with Gasteiger partial charge in [0.05, 0.1) is 28.0 Å². The molecule has 32 heavy (non-hydrogen) atoms. The van der Waals surface area contributed by atoms with E-state index in [1.165, 1.54) is 24.3 Å². The van der Waals surface area contributed by atoms with Crippen molar-refractivity contribution < 1.29 is 74.3 Å². The van der Waals surface area contributed by atoms with Gasteiger partial charge in [0.25, 0.3) is 21.2 Å². The normalized spacial score (nSPS) is 11.3. The molecule has 2 heterocycles.